The van der Waals surface area contributed by atoms with Crippen LogP contribution in [0.25, 0.3) is 0 Å². The maximum Gasteiger partial charge on any atom is 0.350 e. The van der Waals surface area contributed by atoms with E-state index >= 15 is 0 Å². The van der Waals surface area contributed by atoms with Gasteiger partial charge in [0.25, 0.3) is 5.79 Å². The number of pyridine rings is 1. The van der Waals surface area contributed by atoms with Crippen molar-refractivity contribution in [1.29, 1.82) is 0 Å². The third kappa shape index (κ3) is 3.47. The van der Waals surface area contributed by atoms with Gasteiger partial charge in [-0.25, -0.2) is 19.0 Å². The number of aromatic nitrogens is 1. The monoisotopic (exact) mass is 296 g/mol. The topological polar surface area (TPSA) is 86.8 Å². The predicted molar refractivity (Wildman–Crippen MR) is 68.8 cm³/mol. The van der Waals surface area contributed by atoms with Gasteiger partial charge in [0, 0.05) is 26.2 Å². The highest BCUT2D eigenvalue weighted by Gasteiger charge is 2.38. The Hall–Kier alpha value is -2.64. The summed E-state index contributed by atoms with van der Waals surface area (Å²) in [5.74, 6) is -2.95. The fourth-order valence-electron chi connectivity index (χ4n) is 1.60. The van der Waals surface area contributed by atoms with E-state index in [0.717, 1.165) is 6.20 Å². The molecule has 0 aromatic carbocycles. The molecule has 2 rings (SSSR count). The zero-order valence-corrected chi connectivity index (χ0v) is 11.4. The van der Waals surface area contributed by atoms with Crippen molar-refractivity contribution in [2.75, 3.05) is 12.2 Å². The number of esters is 2. The lowest BCUT2D eigenvalue weighted by Gasteiger charge is -2.29. The molecule has 2 heterocycles. The first-order chi connectivity index (χ1) is 9.93. The van der Waals surface area contributed by atoms with E-state index in [1.54, 1.807) is 12.1 Å². The number of nitrogens with one attached hydrogen (secondary N) is 1. The van der Waals surface area contributed by atoms with Gasteiger partial charge >= 0.3 is 11.9 Å². The SMILES string of the molecule is CC1(C)OC(=O)C(=CNc2cccnc2OCF)C(=O)O1. The minimum atomic E-state index is -1.30. The molecule has 21 heavy (non-hydrogen) atoms. The second kappa shape index (κ2) is 5.78. The fraction of sp³-hybridized carbons (Fsp3) is 0.308. The Morgan fingerprint density at radius 2 is 2.05 bits per heavy atom. The molecular weight excluding hydrogens is 283 g/mol. The fourth-order valence-corrected chi connectivity index (χ4v) is 1.60. The molecule has 1 aromatic heterocycles. The Morgan fingerprint density at radius 3 is 2.67 bits per heavy atom. The van der Waals surface area contributed by atoms with Crippen LogP contribution in [0, 0.1) is 0 Å². The smallest absolute Gasteiger partial charge is 0.350 e. The summed E-state index contributed by atoms with van der Waals surface area (Å²) in [5, 5.41) is 2.64. The van der Waals surface area contributed by atoms with Gasteiger partial charge in [0.1, 0.15) is 5.69 Å². The minimum Gasteiger partial charge on any atom is -0.444 e. The van der Waals surface area contributed by atoms with Crippen molar-refractivity contribution >= 4 is 17.6 Å². The molecule has 0 saturated carbocycles. The number of carbonyl (C=O) groups excluding carboxylic acids is 2. The molecule has 0 spiro atoms. The van der Waals surface area contributed by atoms with Crippen LogP contribution in [-0.4, -0.2) is 29.6 Å². The van der Waals surface area contributed by atoms with E-state index in [2.05, 4.69) is 15.0 Å². The van der Waals surface area contributed by atoms with E-state index in [0.29, 0.717) is 0 Å². The summed E-state index contributed by atoms with van der Waals surface area (Å²) < 4.78 is 26.7. The molecule has 112 valence electrons. The van der Waals surface area contributed by atoms with E-state index in [1.807, 2.05) is 0 Å². The Labute approximate surface area is 119 Å². The number of alkyl halides is 1. The molecule has 1 fully saturated rings. The van der Waals surface area contributed by atoms with Crippen molar-refractivity contribution in [2.45, 2.75) is 19.6 Å². The zero-order valence-electron chi connectivity index (χ0n) is 11.4. The van der Waals surface area contributed by atoms with Crippen LogP contribution >= 0.6 is 0 Å². The number of halogens is 1. The van der Waals surface area contributed by atoms with Crippen LogP contribution in [0.4, 0.5) is 10.1 Å². The molecule has 0 aliphatic carbocycles. The van der Waals surface area contributed by atoms with Gasteiger partial charge in [0.2, 0.25) is 12.7 Å². The van der Waals surface area contributed by atoms with Crippen molar-refractivity contribution in [3.8, 4) is 5.88 Å². The van der Waals surface area contributed by atoms with Crippen LogP contribution in [0.1, 0.15) is 13.8 Å². The van der Waals surface area contributed by atoms with Crippen molar-refractivity contribution in [3.63, 3.8) is 0 Å². The molecule has 1 saturated heterocycles. The lowest BCUT2D eigenvalue weighted by Crippen LogP contribution is -2.42. The molecule has 1 aromatic rings. The maximum atomic E-state index is 12.2. The Kier molecular flexibility index (Phi) is 4.06. The van der Waals surface area contributed by atoms with Crippen molar-refractivity contribution in [1.82, 2.24) is 4.98 Å². The maximum absolute atomic E-state index is 12.2. The molecule has 7 nitrogen and oxygen atoms in total. The summed E-state index contributed by atoms with van der Waals surface area (Å²) in [5.41, 5.74) is -0.0301. The van der Waals surface area contributed by atoms with Crippen molar-refractivity contribution < 1.29 is 28.2 Å². The molecule has 0 bridgehead atoms. The highest BCUT2D eigenvalue weighted by molar-refractivity contribution is 6.15. The third-order valence-corrected chi connectivity index (χ3v) is 2.45. The van der Waals surface area contributed by atoms with Gasteiger partial charge in [-0.2, -0.15) is 0 Å². The van der Waals surface area contributed by atoms with Crippen molar-refractivity contribution in [3.05, 3.63) is 30.1 Å². The minimum absolute atomic E-state index is 0.00489. The lowest BCUT2D eigenvalue weighted by atomic mass is 10.2. The van der Waals surface area contributed by atoms with Gasteiger partial charge in [0.15, 0.2) is 5.57 Å². The Bertz CT molecular complexity index is 578. The lowest BCUT2D eigenvalue weighted by molar-refractivity contribution is -0.222. The molecule has 1 aliphatic rings. The number of cyclic esters (lactones) is 2. The van der Waals surface area contributed by atoms with Crippen LogP contribution in [-0.2, 0) is 19.1 Å². The quantitative estimate of drug-likeness (QED) is 0.512. The average Bonchev–Trinajstić information content (AvgIpc) is 2.38. The number of hydrogen-bond donors (Lipinski definition) is 1. The first kappa shape index (κ1) is 14.8. The number of nitrogens with zero attached hydrogens (tertiary/aromatic N) is 1. The zero-order chi connectivity index (χ0) is 15.5. The largest absolute Gasteiger partial charge is 0.444 e. The Morgan fingerprint density at radius 1 is 1.38 bits per heavy atom. The molecule has 0 atom stereocenters. The third-order valence-electron chi connectivity index (χ3n) is 2.45. The van der Waals surface area contributed by atoms with Gasteiger partial charge in [0.05, 0.1) is 0 Å². The summed E-state index contributed by atoms with van der Waals surface area (Å²) in [7, 11) is 0. The van der Waals surface area contributed by atoms with Gasteiger partial charge in [-0.05, 0) is 12.1 Å². The Balaban J connectivity index is 2.18. The van der Waals surface area contributed by atoms with Crippen LogP contribution in [0.3, 0.4) is 0 Å². The van der Waals surface area contributed by atoms with Crippen molar-refractivity contribution in [2.24, 2.45) is 0 Å². The van der Waals surface area contributed by atoms with E-state index in [4.69, 9.17) is 9.47 Å². The van der Waals surface area contributed by atoms with E-state index < -0.39 is 24.6 Å². The summed E-state index contributed by atoms with van der Waals surface area (Å²) >= 11 is 0. The second-order valence-corrected chi connectivity index (χ2v) is 4.49. The van der Waals surface area contributed by atoms with E-state index in [1.165, 1.54) is 20.0 Å². The van der Waals surface area contributed by atoms with Crippen LogP contribution < -0.4 is 10.1 Å². The molecule has 8 heteroatoms. The highest BCUT2D eigenvalue weighted by Crippen LogP contribution is 2.24. The van der Waals surface area contributed by atoms with Gasteiger partial charge in [-0.15, -0.1) is 0 Å². The number of rotatable bonds is 4. The first-order valence-electron chi connectivity index (χ1n) is 6.00. The number of hydrogen-bond acceptors (Lipinski definition) is 7. The van der Waals surface area contributed by atoms with Crippen LogP contribution in [0.2, 0.25) is 0 Å². The number of anilines is 1. The van der Waals surface area contributed by atoms with Crippen LogP contribution in [0.15, 0.2) is 30.1 Å². The normalized spacial score (nSPS) is 16.8. The molecule has 1 aliphatic heterocycles. The van der Waals surface area contributed by atoms with Gasteiger partial charge < -0.3 is 19.5 Å². The molecule has 0 radical (unpaired) electrons. The van der Waals surface area contributed by atoms with E-state index in [-0.39, 0.29) is 17.1 Å². The molecular formula is C13H13FN2O5. The molecule has 0 amide bonds. The highest BCUT2D eigenvalue weighted by atomic mass is 19.1. The van der Waals surface area contributed by atoms with Gasteiger partial charge in [-0.1, -0.05) is 0 Å². The molecule has 1 N–H and O–H groups in total. The summed E-state index contributed by atoms with van der Waals surface area (Å²) in [6.45, 7) is 1.84. The predicted octanol–water partition coefficient (Wildman–Crippen LogP) is 1.52. The first-order valence-corrected chi connectivity index (χ1v) is 6.00. The summed E-state index contributed by atoms with van der Waals surface area (Å²) in [6.07, 6.45) is 2.51. The van der Waals surface area contributed by atoms with Crippen LogP contribution in [0.5, 0.6) is 5.88 Å². The molecule has 0 unspecified atom stereocenters. The average molecular weight is 296 g/mol. The van der Waals surface area contributed by atoms with E-state index in [9.17, 15) is 14.0 Å². The number of carbonyl (C=O) groups is 2. The number of ether oxygens (including phenoxy) is 3. The van der Waals surface area contributed by atoms with Gasteiger partial charge in [-0.3, -0.25) is 0 Å². The second-order valence-electron chi connectivity index (χ2n) is 4.49. The summed E-state index contributed by atoms with van der Waals surface area (Å²) in [4.78, 5) is 27.2. The standard InChI is InChI=1S/C13H13FN2O5/c1-13(2)20-11(17)8(12(18)21-13)6-16-9-4-3-5-15-10(9)19-7-14/h3-6,16H,7H2,1-2H3. The summed E-state index contributed by atoms with van der Waals surface area (Å²) in [6, 6.07) is 3.12.